The Kier molecular flexibility index (Phi) is 4.55. The summed E-state index contributed by atoms with van der Waals surface area (Å²) >= 11 is 1.79. The van der Waals surface area contributed by atoms with Gasteiger partial charge in [0.2, 0.25) is 5.69 Å². The van der Waals surface area contributed by atoms with E-state index in [1.54, 1.807) is 23.3 Å². The summed E-state index contributed by atoms with van der Waals surface area (Å²) in [6.07, 6.45) is 3.92. The zero-order chi connectivity index (χ0) is 17.9. The smallest absolute Gasteiger partial charge is 0.220 e. The summed E-state index contributed by atoms with van der Waals surface area (Å²) in [4.78, 5) is 14.6. The zero-order valence-corrected chi connectivity index (χ0v) is 15.2. The molecular weight excluding hydrogens is 338 g/mol. The van der Waals surface area contributed by atoms with Crippen molar-refractivity contribution in [1.82, 2.24) is 0 Å². The molecule has 0 saturated carbocycles. The molecule has 0 bridgehead atoms. The summed E-state index contributed by atoms with van der Waals surface area (Å²) in [5.74, 6) is -0.0141. The SMILES string of the molecule is CC(=O)[N+](=CC=C1c2ccccc2Sc2ccccc21)c1ccccc1. The third-order valence-corrected chi connectivity index (χ3v) is 5.49. The highest BCUT2D eigenvalue weighted by atomic mass is 32.2. The Labute approximate surface area is 157 Å². The largest absolute Gasteiger partial charge is 0.389 e. The van der Waals surface area contributed by atoms with E-state index in [9.17, 15) is 4.79 Å². The predicted octanol–water partition coefficient (Wildman–Crippen LogP) is 5.54. The summed E-state index contributed by atoms with van der Waals surface area (Å²) < 4.78 is 1.68. The molecule has 0 N–H and O–H groups in total. The fourth-order valence-electron chi connectivity index (χ4n) is 3.11. The van der Waals surface area contributed by atoms with Gasteiger partial charge in [-0.25, -0.2) is 4.79 Å². The molecule has 3 heteroatoms. The standard InChI is InChI=1S/C23H18NOS/c1-17(25)24(18-9-3-2-4-10-18)16-15-19-20-11-5-7-13-22(20)26-23-14-8-6-12-21(19)23/h2-16H,1H3/q+1. The van der Waals surface area contributed by atoms with E-state index < -0.39 is 0 Å². The highest BCUT2D eigenvalue weighted by Crippen LogP contribution is 2.44. The molecule has 0 unspecified atom stereocenters. The minimum atomic E-state index is -0.0141. The number of amides is 1. The van der Waals surface area contributed by atoms with Crippen LogP contribution in [0.5, 0.6) is 0 Å². The lowest BCUT2D eigenvalue weighted by atomic mass is 9.97. The number of fused-ring (bicyclic) bond motifs is 2. The lowest BCUT2D eigenvalue weighted by Gasteiger charge is -2.21. The molecule has 4 rings (SSSR count). The Bertz CT molecular complexity index is 987. The molecule has 2 nitrogen and oxygen atoms in total. The van der Waals surface area contributed by atoms with Crippen LogP contribution in [0.4, 0.5) is 5.69 Å². The number of allylic oxidation sites excluding steroid dienone is 1. The minimum Gasteiger partial charge on any atom is -0.220 e. The van der Waals surface area contributed by atoms with Gasteiger partial charge in [-0.3, -0.25) is 0 Å². The maximum atomic E-state index is 12.2. The molecule has 1 amide bonds. The summed E-state index contributed by atoms with van der Waals surface area (Å²) in [5.41, 5.74) is 4.40. The van der Waals surface area contributed by atoms with Crippen LogP contribution in [0.15, 0.2) is 94.7 Å². The Morgan fingerprint density at radius 3 is 1.92 bits per heavy atom. The molecule has 1 aliphatic heterocycles. The van der Waals surface area contributed by atoms with Crippen molar-refractivity contribution in [1.29, 1.82) is 0 Å². The number of para-hydroxylation sites is 1. The van der Waals surface area contributed by atoms with Crippen LogP contribution in [0.3, 0.4) is 0 Å². The van der Waals surface area contributed by atoms with E-state index in [2.05, 4.69) is 48.5 Å². The first-order valence-corrected chi connectivity index (χ1v) is 9.32. The molecule has 0 spiro atoms. The molecule has 0 radical (unpaired) electrons. The molecule has 0 fully saturated rings. The Morgan fingerprint density at radius 2 is 1.35 bits per heavy atom. The summed E-state index contributed by atoms with van der Waals surface area (Å²) in [7, 11) is 0. The lowest BCUT2D eigenvalue weighted by molar-refractivity contribution is -0.359. The molecule has 3 aromatic carbocycles. The van der Waals surface area contributed by atoms with Crippen LogP contribution in [0.25, 0.3) is 5.57 Å². The third-order valence-electron chi connectivity index (χ3n) is 4.34. The van der Waals surface area contributed by atoms with Gasteiger partial charge in [0.05, 0.1) is 6.92 Å². The van der Waals surface area contributed by atoms with E-state index in [1.165, 1.54) is 20.9 Å². The molecule has 126 valence electrons. The van der Waals surface area contributed by atoms with Gasteiger partial charge in [0.15, 0.2) is 6.21 Å². The highest BCUT2D eigenvalue weighted by Gasteiger charge is 2.21. The van der Waals surface area contributed by atoms with E-state index in [-0.39, 0.29) is 5.91 Å². The summed E-state index contributed by atoms with van der Waals surface area (Å²) in [6, 6.07) is 26.5. The molecule has 26 heavy (non-hydrogen) atoms. The third kappa shape index (κ3) is 3.14. The molecule has 0 aliphatic carbocycles. The van der Waals surface area contributed by atoms with Crippen molar-refractivity contribution in [3.8, 4) is 0 Å². The highest BCUT2D eigenvalue weighted by molar-refractivity contribution is 7.99. The number of hydrogen-bond acceptors (Lipinski definition) is 2. The van der Waals surface area contributed by atoms with Crippen molar-refractivity contribution < 1.29 is 9.37 Å². The monoisotopic (exact) mass is 356 g/mol. The van der Waals surface area contributed by atoms with Crippen LogP contribution in [-0.2, 0) is 4.79 Å². The predicted molar refractivity (Wildman–Crippen MR) is 107 cm³/mol. The van der Waals surface area contributed by atoms with Gasteiger partial charge in [0.1, 0.15) is 0 Å². The first kappa shape index (κ1) is 16.6. The Balaban J connectivity index is 1.88. The van der Waals surface area contributed by atoms with Crippen LogP contribution in [0.1, 0.15) is 18.1 Å². The van der Waals surface area contributed by atoms with Gasteiger partial charge in [-0.2, -0.15) is 0 Å². The molecule has 0 saturated heterocycles. The molecule has 3 aromatic rings. The maximum Gasteiger partial charge on any atom is 0.389 e. The fourth-order valence-corrected chi connectivity index (χ4v) is 4.22. The molecule has 1 heterocycles. The van der Waals surface area contributed by atoms with Crippen LogP contribution in [-0.4, -0.2) is 16.7 Å². The topological polar surface area (TPSA) is 20.1 Å². The number of rotatable bonds is 2. The van der Waals surface area contributed by atoms with E-state index >= 15 is 0 Å². The second-order valence-electron chi connectivity index (χ2n) is 6.05. The molecule has 0 atom stereocenters. The van der Waals surface area contributed by atoms with E-state index in [0.29, 0.717) is 0 Å². The van der Waals surface area contributed by atoms with Crippen molar-refractivity contribution in [2.75, 3.05) is 0 Å². The van der Waals surface area contributed by atoms with Crippen molar-refractivity contribution in [2.45, 2.75) is 16.7 Å². The maximum absolute atomic E-state index is 12.2. The van der Waals surface area contributed by atoms with Crippen molar-refractivity contribution in [3.05, 3.63) is 96.1 Å². The van der Waals surface area contributed by atoms with E-state index in [0.717, 1.165) is 11.3 Å². The van der Waals surface area contributed by atoms with Gasteiger partial charge in [0, 0.05) is 28.0 Å². The average Bonchev–Trinajstić information content (AvgIpc) is 2.68. The second kappa shape index (κ2) is 7.14. The normalized spacial score (nSPS) is 13.0. The van der Waals surface area contributed by atoms with Gasteiger partial charge in [0.25, 0.3) is 0 Å². The van der Waals surface area contributed by atoms with Gasteiger partial charge < -0.3 is 0 Å². The van der Waals surface area contributed by atoms with E-state index in [4.69, 9.17) is 0 Å². The number of nitrogens with zero attached hydrogens (tertiary/aromatic N) is 1. The van der Waals surface area contributed by atoms with Gasteiger partial charge in [-0.05, 0) is 28.8 Å². The van der Waals surface area contributed by atoms with Crippen LogP contribution in [0, 0.1) is 0 Å². The fraction of sp³-hybridized carbons (Fsp3) is 0.0435. The second-order valence-corrected chi connectivity index (χ2v) is 7.13. The number of benzene rings is 3. The van der Waals surface area contributed by atoms with Crippen LogP contribution < -0.4 is 0 Å². The lowest BCUT2D eigenvalue weighted by Crippen LogP contribution is -2.13. The van der Waals surface area contributed by atoms with Crippen LogP contribution in [0.2, 0.25) is 0 Å². The first-order valence-electron chi connectivity index (χ1n) is 8.51. The summed E-state index contributed by atoms with van der Waals surface area (Å²) in [5, 5.41) is 0. The van der Waals surface area contributed by atoms with Crippen molar-refractivity contribution in [3.63, 3.8) is 0 Å². The molecular formula is C23H18NOS+. The molecule has 1 aliphatic rings. The first-order chi connectivity index (χ1) is 12.7. The summed E-state index contributed by atoms with van der Waals surface area (Å²) in [6.45, 7) is 1.58. The zero-order valence-electron chi connectivity index (χ0n) is 14.4. The van der Waals surface area contributed by atoms with Gasteiger partial charge >= 0.3 is 5.91 Å². The minimum absolute atomic E-state index is 0.0141. The van der Waals surface area contributed by atoms with Crippen molar-refractivity contribution in [2.24, 2.45) is 0 Å². The van der Waals surface area contributed by atoms with Crippen molar-refractivity contribution >= 4 is 35.1 Å². The quantitative estimate of drug-likeness (QED) is 0.347. The number of hydrogen-bond donors (Lipinski definition) is 0. The number of carbonyl (C=O) groups excluding carboxylic acids is 1. The van der Waals surface area contributed by atoms with Crippen LogP contribution >= 0.6 is 11.8 Å². The van der Waals surface area contributed by atoms with Gasteiger partial charge in [-0.1, -0.05) is 66.4 Å². The van der Waals surface area contributed by atoms with E-state index in [1.807, 2.05) is 42.6 Å². The number of carbonyl (C=O) groups is 1. The Hall–Kier alpha value is -2.91. The Morgan fingerprint density at radius 1 is 0.808 bits per heavy atom. The molecule has 0 aromatic heterocycles. The van der Waals surface area contributed by atoms with Gasteiger partial charge in [-0.15, -0.1) is 4.58 Å². The average molecular weight is 356 g/mol.